The highest BCUT2D eigenvalue weighted by atomic mass is 35.5. The van der Waals surface area contributed by atoms with E-state index in [-0.39, 0.29) is 23.6 Å². The number of benzene rings is 2. The molecule has 0 fully saturated rings. The van der Waals surface area contributed by atoms with E-state index in [4.69, 9.17) is 23.2 Å². The minimum atomic E-state index is -0.536. The van der Waals surface area contributed by atoms with Gasteiger partial charge in [0.2, 0.25) is 11.8 Å². The summed E-state index contributed by atoms with van der Waals surface area (Å²) < 4.78 is 0. The Hall–Kier alpha value is -1.69. The third kappa shape index (κ3) is 7.57. The number of nitrogens with zero attached hydrogens (tertiary/aromatic N) is 1. The highest BCUT2D eigenvalue weighted by Crippen LogP contribution is 2.22. The van der Waals surface area contributed by atoms with Crippen LogP contribution in [0.4, 0.5) is 0 Å². The summed E-state index contributed by atoms with van der Waals surface area (Å²) in [6, 6.07) is 14.2. The van der Waals surface area contributed by atoms with Crippen LogP contribution >= 0.6 is 35.0 Å². The van der Waals surface area contributed by atoms with Gasteiger partial charge in [-0.1, -0.05) is 42.3 Å². The Bertz CT molecular complexity index is 811. The zero-order chi connectivity index (χ0) is 21.4. The highest BCUT2D eigenvalue weighted by molar-refractivity contribution is 8.00. The van der Waals surface area contributed by atoms with Crippen molar-refractivity contribution in [3.05, 3.63) is 64.1 Å². The molecule has 0 aliphatic heterocycles. The third-order valence-corrected chi connectivity index (χ3v) is 5.76. The zero-order valence-corrected chi connectivity index (χ0v) is 19.2. The van der Waals surface area contributed by atoms with E-state index >= 15 is 0 Å². The number of rotatable bonds is 9. The first-order chi connectivity index (χ1) is 13.8. The van der Waals surface area contributed by atoms with Gasteiger partial charge >= 0.3 is 0 Å². The van der Waals surface area contributed by atoms with Gasteiger partial charge in [-0.15, -0.1) is 11.8 Å². The summed E-state index contributed by atoms with van der Waals surface area (Å²) in [5.74, 6) is 0.00712. The van der Waals surface area contributed by atoms with E-state index < -0.39 is 6.04 Å². The molecule has 0 saturated heterocycles. The van der Waals surface area contributed by atoms with Crippen molar-refractivity contribution < 1.29 is 9.59 Å². The number of carbonyl (C=O) groups excluding carboxylic acids is 2. The van der Waals surface area contributed by atoms with E-state index in [0.717, 1.165) is 10.5 Å². The minimum Gasteiger partial charge on any atom is -0.352 e. The van der Waals surface area contributed by atoms with Gasteiger partial charge in [-0.3, -0.25) is 9.59 Å². The standard InChI is InChI=1S/C22H26Cl2N2O2S/c1-4-20(22(28)25-15(2)3)26(13-16-5-7-17(23)8-6-16)21(27)14-29-19-11-9-18(24)10-12-19/h5-12,15,20H,4,13-14H2,1-3H3,(H,25,28). The molecule has 4 nitrogen and oxygen atoms in total. The molecule has 0 radical (unpaired) electrons. The minimum absolute atomic E-state index is 0.00692. The van der Waals surface area contributed by atoms with Crippen LogP contribution in [0.5, 0.6) is 0 Å². The van der Waals surface area contributed by atoms with Crippen LogP contribution in [0.3, 0.4) is 0 Å². The summed E-state index contributed by atoms with van der Waals surface area (Å²) >= 11 is 13.3. The molecular formula is C22H26Cl2N2O2S. The molecule has 0 aromatic heterocycles. The number of nitrogens with one attached hydrogen (secondary N) is 1. The first-order valence-electron chi connectivity index (χ1n) is 9.52. The molecule has 2 aromatic carbocycles. The Balaban J connectivity index is 2.18. The Morgan fingerprint density at radius 3 is 2.07 bits per heavy atom. The summed E-state index contributed by atoms with van der Waals surface area (Å²) in [6.07, 6.45) is 0.531. The quantitative estimate of drug-likeness (QED) is 0.516. The molecule has 0 spiro atoms. The highest BCUT2D eigenvalue weighted by Gasteiger charge is 2.28. The van der Waals surface area contributed by atoms with Crippen LogP contribution in [0, 0.1) is 0 Å². The Morgan fingerprint density at radius 1 is 1.00 bits per heavy atom. The third-order valence-electron chi connectivity index (χ3n) is 4.26. The summed E-state index contributed by atoms with van der Waals surface area (Å²) in [6.45, 7) is 6.08. The number of hydrogen-bond acceptors (Lipinski definition) is 3. The molecule has 7 heteroatoms. The summed E-state index contributed by atoms with van der Waals surface area (Å²) in [4.78, 5) is 28.5. The van der Waals surface area contributed by atoms with E-state index in [1.807, 2.05) is 45.0 Å². The second kappa shape index (κ2) is 11.5. The molecule has 2 rings (SSSR count). The number of halogens is 2. The van der Waals surface area contributed by atoms with Gasteiger partial charge in [-0.2, -0.15) is 0 Å². The van der Waals surface area contributed by atoms with Crippen LogP contribution < -0.4 is 5.32 Å². The lowest BCUT2D eigenvalue weighted by molar-refractivity contribution is -0.139. The number of carbonyl (C=O) groups is 2. The first-order valence-corrected chi connectivity index (χ1v) is 11.3. The lowest BCUT2D eigenvalue weighted by Crippen LogP contribution is -2.50. The topological polar surface area (TPSA) is 49.4 Å². The number of thioether (sulfide) groups is 1. The van der Waals surface area contributed by atoms with Gasteiger partial charge < -0.3 is 10.2 Å². The molecule has 0 bridgehead atoms. The maximum atomic E-state index is 13.1. The summed E-state index contributed by atoms with van der Waals surface area (Å²) in [5.41, 5.74) is 0.926. The largest absolute Gasteiger partial charge is 0.352 e. The van der Waals surface area contributed by atoms with E-state index in [9.17, 15) is 9.59 Å². The molecule has 1 atom stereocenters. The molecule has 156 valence electrons. The summed E-state index contributed by atoms with van der Waals surface area (Å²) in [5, 5.41) is 4.22. The van der Waals surface area contributed by atoms with Crippen LogP contribution in [0.1, 0.15) is 32.8 Å². The Labute approximate surface area is 187 Å². The van der Waals surface area contributed by atoms with Gasteiger partial charge in [0.25, 0.3) is 0 Å². The number of hydrogen-bond donors (Lipinski definition) is 1. The van der Waals surface area contributed by atoms with Crippen molar-refractivity contribution in [2.24, 2.45) is 0 Å². The molecular weight excluding hydrogens is 427 g/mol. The SMILES string of the molecule is CCC(C(=O)NC(C)C)N(Cc1ccc(Cl)cc1)C(=O)CSc1ccc(Cl)cc1. The predicted molar refractivity (Wildman–Crippen MR) is 122 cm³/mol. The van der Waals surface area contributed by atoms with Crippen LogP contribution in [0.15, 0.2) is 53.4 Å². The second-order valence-electron chi connectivity index (χ2n) is 6.98. The van der Waals surface area contributed by atoms with Gasteiger partial charge in [0.15, 0.2) is 0 Å². The van der Waals surface area contributed by atoms with Crippen molar-refractivity contribution >= 4 is 46.8 Å². The van der Waals surface area contributed by atoms with Gasteiger partial charge in [-0.25, -0.2) is 0 Å². The fourth-order valence-corrected chi connectivity index (χ4v) is 3.88. The van der Waals surface area contributed by atoms with Gasteiger partial charge in [-0.05, 0) is 62.2 Å². The molecule has 29 heavy (non-hydrogen) atoms. The van der Waals surface area contributed by atoms with Crippen molar-refractivity contribution in [1.82, 2.24) is 10.2 Å². The van der Waals surface area contributed by atoms with Crippen LogP contribution in [0.2, 0.25) is 10.0 Å². The lowest BCUT2D eigenvalue weighted by atomic mass is 10.1. The monoisotopic (exact) mass is 452 g/mol. The van der Waals surface area contributed by atoms with E-state index in [2.05, 4.69) is 5.32 Å². The first kappa shape index (κ1) is 23.6. The average Bonchev–Trinajstić information content (AvgIpc) is 2.68. The van der Waals surface area contributed by atoms with Crippen molar-refractivity contribution in [2.75, 3.05) is 5.75 Å². The van der Waals surface area contributed by atoms with Crippen LogP contribution in [-0.4, -0.2) is 34.6 Å². The predicted octanol–water partition coefficient (Wildman–Crippen LogP) is 5.42. The molecule has 2 amide bonds. The summed E-state index contributed by atoms with van der Waals surface area (Å²) in [7, 11) is 0. The van der Waals surface area contributed by atoms with Crippen molar-refractivity contribution in [3.8, 4) is 0 Å². The molecule has 1 unspecified atom stereocenters. The van der Waals surface area contributed by atoms with Crippen molar-refractivity contribution in [1.29, 1.82) is 0 Å². The Morgan fingerprint density at radius 2 is 1.55 bits per heavy atom. The zero-order valence-electron chi connectivity index (χ0n) is 16.8. The van der Waals surface area contributed by atoms with Crippen molar-refractivity contribution in [3.63, 3.8) is 0 Å². The molecule has 1 N–H and O–H groups in total. The van der Waals surface area contributed by atoms with E-state index in [1.54, 1.807) is 29.2 Å². The second-order valence-corrected chi connectivity index (χ2v) is 8.90. The lowest BCUT2D eigenvalue weighted by Gasteiger charge is -2.31. The van der Waals surface area contributed by atoms with Crippen molar-refractivity contribution in [2.45, 2.75) is 50.7 Å². The fourth-order valence-electron chi connectivity index (χ4n) is 2.85. The maximum absolute atomic E-state index is 13.1. The normalized spacial score (nSPS) is 11.9. The number of amides is 2. The molecule has 2 aromatic rings. The van der Waals surface area contributed by atoms with E-state index in [0.29, 0.717) is 23.0 Å². The maximum Gasteiger partial charge on any atom is 0.243 e. The van der Waals surface area contributed by atoms with E-state index in [1.165, 1.54) is 11.8 Å². The van der Waals surface area contributed by atoms with Gasteiger partial charge in [0.1, 0.15) is 6.04 Å². The smallest absolute Gasteiger partial charge is 0.243 e. The molecule has 0 aliphatic carbocycles. The molecule has 0 heterocycles. The van der Waals surface area contributed by atoms with Crippen LogP contribution in [0.25, 0.3) is 0 Å². The van der Waals surface area contributed by atoms with Crippen LogP contribution in [-0.2, 0) is 16.1 Å². The van der Waals surface area contributed by atoms with Gasteiger partial charge in [0.05, 0.1) is 5.75 Å². The average molecular weight is 453 g/mol. The Kier molecular flexibility index (Phi) is 9.34. The molecule has 0 aliphatic rings. The van der Waals surface area contributed by atoms with Gasteiger partial charge in [0, 0.05) is 27.5 Å². The fraction of sp³-hybridized carbons (Fsp3) is 0.364. The molecule has 0 saturated carbocycles.